The second-order valence-electron chi connectivity index (χ2n) is 7.23. The van der Waals surface area contributed by atoms with Crippen LogP contribution in [0.25, 0.3) is 21.3 Å². The van der Waals surface area contributed by atoms with Gasteiger partial charge in [0.05, 0.1) is 11.4 Å². The number of thiophene rings is 1. The van der Waals surface area contributed by atoms with E-state index in [1.54, 1.807) is 17.7 Å². The molecule has 2 unspecified atom stereocenters. The van der Waals surface area contributed by atoms with Crippen LogP contribution >= 0.6 is 27.3 Å². The van der Waals surface area contributed by atoms with Gasteiger partial charge in [-0.05, 0) is 23.5 Å². The lowest BCUT2D eigenvalue weighted by Crippen LogP contribution is -2.25. The number of hydrogen-bond donors (Lipinski definition) is 0. The van der Waals surface area contributed by atoms with Crippen molar-refractivity contribution in [2.45, 2.75) is 12.5 Å². The lowest BCUT2D eigenvalue weighted by Gasteiger charge is -2.27. The van der Waals surface area contributed by atoms with E-state index >= 15 is 0 Å². The molecule has 5 rings (SSSR count). The molecule has 1 aliphatic heterocycles. The van der Waals surface area contributed by atoms with Gasteiger partial charge in [-0.1, -0.05) is 76.6 Å². The third kappa shape index (κ3) is 3.12. The predicted octanol–water partition coefficient (Wildman–Crippen LogP) is 6.32. The summed E-state index contributed by atoms with van der Waals surface area (Å²) in [6.45, 7) is 1.00. The van der Waals surface area contributed by atoms with Gasteiger partial charge < -0.3 is 4.90 Å². The second-order valence-corrected chi connectivity index (χ2v) is 8.73. The Hall–Kier alpha value is -2.24. The molecule has 0 N–H and O–H groups in total. The monoisotopic (exact) mass is 449 g/mol. The summed E-state index contributed by atoms with van der Waals surface area (Å²) in [7, 11) is 0. The van der Waals surface area contributed by atoms with Gasteiger partial charge in [0.15, 0.2) is 0 Å². The Morgan fingerprint density at radius 2 is 1.75 bits per heavy atom. The molecule has 3 nitrogen and oxygen atoms in total. The molecule has 0 bridgehead atoms. The van der Waals surface area contributed by atoms with Crippen molar-refractivity contribution in [2.75, 3.05) is 16.8 Å². The number of fused-ring (bicyclic) bond motifs is 1. The Morgan fingerprint density at radius 1 is 1.00 bits per heavy atom. The number of alkyl halides is 1. The van der Waals surface area contributed by atoms with Gasteiger partial charge in [0.2, 0.25) is 0 Å². The maximum absolute atomic E-state index is 4.80. The van der Waals surface area contributed by atoms with Gasteiger partial charge >= 0.3 is 0 Å². The molecular weight excluding hydrogens is 430 g/mol. The summed E-state index contributed by atoms with van der Waals surface area (Å²) in [5, 5.41) is 4.40. The van der Waals surface area contributed by atoms with Crippen LogP contribution in [0, 0.1) is 5.92 Å². The number of aromatic nitrogens is 2. The van der Waals surface area contributed by atoms with E-state index in [1.807, 2.05) is 0 Å². The summed E-state index contributed by atoms with van der Waals surface area (Å²) < 4.78 is 0. The first kappa shape index (κ1) is 17.8. The quantitative estimate of drug-likeness (QED) is 0.341. The van der Waals surface area contributed by atoms with E-state index in [1.165, 1.54) is 22.1 Å². The molecule has 2 aromatic heterocycles. The van der Waals surface area contributed by atoms with Crippen LogP contribution in [-0.2, 0) is 0 Å². The van der Waals surface area contributed by atoms with E-state index in [0.29, 0.717) is 12.0 Å². The lowest BCUT2D eigenvalue weighted by molar-refractivity contribution is 0.630. The lowest BCUT2D eigenvalue weighted by atomic mass is 10.0. The fourth-order valence-corrected chi connectivity index (χ4v) is 5.55. The highest BCUT2D eigenvalue weighted by atomic mass is 79.9. The number of benzene rings is 2. The molecule has 28 heavy (non-hydrogen) atoms. The Labute approximate surface area is 177 Å². The van der Waals surface area contributed by atoms with Gasteiger partial charge in [0, 0.05) is 22.8 Å². The van der Waals surface area contributed by atoms with E-state index in [0.717, 1.165) is 28.9 Å². The summed E-state index contributed by atoms with van der Waals surface area (Å²) in [6, 6.07) is 21.7. The van der Waals surface area contributed by atoms with Crippen LogP contribution in [0.5, 0.6) is 0 Å². The average molecular weight is 450 g/mol. The molecule has 0 amide bonds. The van der Waals surface area contributed by atoms with Crippen molar-refractivity contribution in [1.29, 1.82) is 0 Å². The number of nitrogens with zero attached hydrogens (tertiary/aromatic N) is 3. The minimum atomic E-state index is 0.338. The fraction of sp³-hybridized carbons (Fsp3) is 0.217. The molecule has 1 saturated heterocycles. The third-order valence-electron chi connectivity index (χ3n) is 5.50. The minimum Gasteiger partial charge on any atom is -0.349 e. The predicted molar refractivity (Wildman–Crippen MR) is 121 cm³/mol. The SMILES string of the molecule is BrCC1CC(c2ccccc2)N(c2ncnc3scc(-c4ccccc4)c23)C1. The van der Waals surface area contributed by atoms with Crippen LogP contribution in [0.2, 0.25) is 0 Å². The molecule has 0 aliphatic carbocycles. The molecule has 1 aliphatic rings. The second kappa shape index (κ2) is 7.64. The smallest absolute Gasteiger partial charge is 0.141 e. The molecule has 3 heterocycles. The number of rotatable bonds is 4. The van der Waals surface area contributed by atoms with E-state index in [9.17, 15) is 0 Å². The van der Waals surface area contributed by atoms with Gasteiger partial charge in [-0.2, -0.15) is 0 Å². The highest BCUT2D eigenvalue weighted by Crippen LogP contribution is 2.44. The zero-order valence-corrected chi connectivity index (χ0v) is 17.7. The first-order valence-electron chi connectivity index (χ1n) is 9.50. The molecular formula is C23H20BrN3S. The van der Waals surface area contributed by atoms with Crippen molar-refractivity contribution in [2.24, 2.45) is 5.92 Å². The van der Waals surface area contributed by atoms with Crippen molar-refractivity contribution in [3.8, 4) is 11.1 Å². The van der Waals surface area contributed by atoms with Crippen molar-refractivity contribution in [3.63, 3.8) is 0 Å². The van der Waals surface area contributed by atoms with Gasteiger partial charge in [0.25, 0.3) is 0 Å². The van der Waals surface area contributed by atoms with Crippen molar-refractivity contribution in [1.82, 2.24) is 9.97 Å². The largest absolute Gasteiger partial charge is 0.349 e. The average Bonchev–Trinajstić information content (AvgIpc) is 3.39. The Balaban J connectivity index is 1.66. The molecule has 1 fully saturated rings. The van der Waals surface area contributed by atoms with Crippen LogP contribution in [0.4, 0.5) is 5.82 Å². The summed E-state index contributed by atoms with van der Waals surface area (Å²) in [4.78, 5) is 12.9. The number of hydrogen-bond acceptors (Lipinski definition) is 4. The standard InChI is InChI=1S/C23H20BrN3S/c24-12-16-11-20(18-9-5-2-6-10-18)27(13-16)22-21-19(17-7-3-1-4-8-17)14-28-23(21)26-15-25-22/h1-10,14-16,20H,11-13H2. The maximum atomic E-state index is 4.80. The van der Waals surface area contributed by atoms with E-state index < -0.39 is 0 Å². The molecule has 5 heteroatoms. The van der Waals surface area contributed by atoms with Crippen molar-refractivity contribution < 1.29 is 0 Å². The Kier molecular flexibility index (Phi) is 4.87. The first-order valence-corrected chi connectivity index (χ1v) is 11.5. The van der Waals surface area contributed by atoms with Crippen molar-refractivity contribution >= 4 is 43.3 Å². The molecule has 4 aromatic rings. The topological polar surface area (TPSA) is 29.0 Å². The first-order chi connectivity index (χ1) is 13.8. The van der Waals surface area contributed by atoms with Gasteiger partial charge in [-0.25, -0.2) is 9.97 Å². The zero-order valence-electron chi connectivity index (χ0n) is 15.3. The van der Waals surface area contributed by atoms with Crippen LogP contribution in [-0.4, -0.2) is 21.8 Å². The zero-order chi connectivity index (χ0) is 18.9. The summed E-state index contributed by atoms with van der Waals surface area (Å²) in [6.07, 6.45) is 2.85. The van der Waals surface area contributed by atoms with Crippen LogP contribution < -0.4 is 4.90 Å². The molecule has 2 aromatic carbocycles. The van der Waals surface area contributed by atoms with Crippen LogP contribution in [0.3, 0.4) is 0 Å². The van der Waals surface area contributed by atoms with E-state index in [-0.39, 0.29) is 0 Å². The molecule has 2 atom stereocenters. The molecule has 0 radical (unpaired) electrons. The van der Waals surface area contributed by atoms with Crippen LogP contribution in [0.15, 0.2) is 72.4 Å². The van der Waals surface area contributed by atoms with E-state index in [2.05, 4.69) is 91.9 Å². The highest BCUT2D eigenvalue weighted by Gasteiger charge is 2.35. The fourth-order valence-electron chi connectivity index (χ4n) is 4.17. The van der Waals surface area contributed by atoms with Gasteiger partial charge in [-0.15, -0.1) is 11.3 Å². The van der Waals surface area contributed by atoms with Crippen molar-refractivity contribution in [3.05, 3.63) is 77.9 Å². The Bertz CT molecular complexity index is 1080. The number of halogens is 1. The summed E-state index contributed by atoms with van der Waals surface area (Å²) in [5.41, 5.74) is 3.80. The third-order valence-corrected chi connectivity index (χ3v) is 7.30. The molecule has 0 saturated carbocycles. The van der Waals surface area contributed by atoms with Gasteiger partial charge in [-0.3, -0.25) is 0 Å². The van der Waals surface area contributed by atoms with E-state index in [4.69, 9.17) is 4.98 Å². The summed E-state index contributed by atoms with van der Waals surface area (Å²) in [5.74, 6) is 1.66. The van der Waals surface area contributed by atoms with Crippen LogP contribution in [0.1, 0.15) is 18.0 Å². The number of anilines is 1. The normalized spacial score (nSPS) is 19.4. The summed E-state index contributed by atoms with van der Waals surface area (Å²) >= 11 is 5.41. The van der Waals surface area contributed by atoms with Gasteiger partial charge in [0.1, 0.15) is 17.0 Å². The Morgan fingerprint density at radius 3 is 2.50 bits per heavy atom. The minimum absolute atomic E-state index is 0.338. The highest BCUT2D eigenvalue weighted by molar-refractivity contribution is 9.09. The molecule has 0 spiro atoms. The molecule has 140 valence electrons. The maximum Gasteiger partial charge on any atom is 0.141 e.